The first-order valence-corrected chi connectivity index (χ1v) is 10.2. The lowest BCUT2D eigenvalue weighted by atomic mass is 9.89. The van der Waals surface area contributed by atoms with Gasteiger partial charge in [-0.1, -0.05) is 18.2 Å². The number of piperidine rings is 1. The number of hydrogen-bond donors (Lipinski definition) is 2. The van der Waals surface area contributed by atoms with Crippen molar-refractivity contribution < 1.29 is 9.59 Å². The molecule has 28 heavy (non-hydrogen) atoms. The van der Waals surface area contributed by atoms with Gasteiger partial charge in [-0.15, -0.1) is 0 Å². The number of nitrogens with zero attached hydrogens (tertiary/aromatic N) is 1. The van der Waals surface area contributed by atoms with Crippen molar-refractivity contribution in [2.75, 3.05) is 28.6 Å². The van der Waals surface area contributed by atoms with E-state index in [9.17, 15) is 9.59 Å². The molecule has 0 aliphatic carbocycles. The first kappa shape index (κ1) is 18.5. The molecule has 1 saturated heterocycles. The summed E-state index contributed by atoms with van der Waals surface area (Å²) in [7, 11) is 0. The molecule has 2 aliphatic heterocycles. The molecule has 2 N–H and O–H groups in total. The number of anilines is 3. The summed E-state index contributed by atoms with van der Waals surface area (Å²) in [6.07, 6.45) is 5.40. The third-order valence-corrected chi connectivity index (χ3v) is 5.70. The highest BCUT2D eigenvalue weighted by Crippen LogP contribution is 2.28. The molecule has 1 fully saturated rings. The molecular weight excluding hydrogens is 350 g/mol. The van der Waals surface area contributed by atoms with Crippen LogP contribution in [0.15, 0.2) is 48.5 Å². The fourth-order valence-corrected chi connectivity index (χ4v) is 4.08. The Bertz CT molecular complexity index is 841. The quantitative estimate of drug-likeness (QED) is 0.821. The van der Waals surface area contributed by atoms with Gasteiger partial charge in [0.1, 0.15) is 0 Å². The maximum Gasteiger partial charge on any atom is 0.227 e. The normalized spacial score (nSPS) is 18.9. The van der Waals surface area contributed by atoms with E-state index in [1.165, 1.54) is 24.9 Å². The summed E-state index contributed by atoms with van der Waals surface area (Å²) in [5, 5.41) is 5.90. The summed E-state index contributed by atoms with van der Waals surface area (Å²) in [6, 6.07) is 15.9. The summed E-state index contributed by atoms with van der Waals surface area (Å²) in [4.78, 5) is 27.0. The second kappa shape index (κ2) is 8.46. The molecular formula is C23H27N3O2. The zero-order chi connectivity index (χ0) is 19.3. The van der Waals surface area contributed by atoms with Crippen LogP contribution in [0.3, 0.4) is 0 Å². The van der Waals surface area contributed by atoms with Gasteiger partial charge in [0, 0.05) is 42.5 Å². The highest BCUT2D eigenvalue weighted by Gasteiger charge is 2.26. The molecule has 4 rings (SSSR count). The van der Waals surface area contributed by atoms with Gasteiger partial charge < -0.3 is 15.5 Å². The number of nitrogens with one attached hydrogen (secondary N) is 2. The van der Waals surface area contributed by atoms with Gasteiger partial charge in [0.25, 0.3) is 0 Å². The SMILES string of the molecule is O=C(CCC1Cc2ccccc2NC1=O)Nc1ccc(N2CCCCC2)cc1. The van der Waals surface area contributed by atoms with Gasteiger partial charge in [-0.05, 0) is 68.0 Å². The van der Waals surface area contributed by atoms with Gasteiger partial charge in [0.15, 0.2) is 0 Å². The Morgan fingerprint density at radius 3 is 2.57 bits per heavy atom. The first-order chi connectivity index (χ1) is 13.7. The minimum absolute atomic E-state index is 0.0115. The summed E-state index contributed by atoms with van der Waals surface area (Å²) < 4.78 is 0. The summed E-state index contributed by atoms with van der Waals surface area (Å²) in [6.45, 7) is 2.22. The third-order valence-electron chi connectivity index (χ3n) is 5.70. The van der Waals surface area contributed by atoms with Crippen molar-refractivity contribution in [3.8, 4) is 0 Å². The highest BCUT2D eigenvalue weighted by molar-refractivity contribution is 5.96. The van der Waals surface area contributed by atoms with Gasteiger partial charge in [-0.2, -0.15) is 0 Å². The molecule has 0 saturated carbocycles. The van der Waals surface area contributed by atoms with E-state index in [4.69, 9.17) is 0 Å². The van der Waals surface area contributed by atoms with Crippen LogP contribution in [0.4, 0.5) is 17.1 Å². The molecule has 2 aliphatic rings. The van der Waals surface area contributed by atoms with Crippen molar-refractivity contribution in [3.63, 3.8) is 0 Å². The average molecular weight is 377 g/mol. The van der Waals surface area contributed by atoms with Gasteiger partial charge in [-0.3, -0.25) is 9.59 Å². The van der Waals surface area contributed by atoms with Gasteiger partial charge in [-0.25, -0.2) is 0 Å². The molecule has 1 unspecified atom stereocenters. The summed E-state index contributed by atoms with van der Waals surface area (Å²) in [5.74, 6) is -0.183. The first-order valence-electron chi connectivity index (χ1n) is 10.2. The number of amides is 2. The number of hydrogen-bond acceptors (Lipinski definition) is 3. The zero-order valence-corrected chi connectivity index (χ0v) is 16.1. The van der Waals surface area contributed by atoms with Crippen LogP contribution in [0.25, 0.3) is 0 Å². The lowest BCUT2D eigenvalue weighted by molar-refractivity contribution is -0.121. The minimum Gasteiger partial charge on any atom is -0.372 e. The molecule has 0 radical (unpaired) electrons. The molecule has 0 aromatic heterocycles. The van der Waals surface area contributed by atoms with Crippen molar-refractivity contribution in [2.24, 2.45) is 5.92 Å². The Labute approximate surface area is 166 Å². The maximum atomic E-state index is 12.3. The Morgan fingerprint density at radius 2 is 1.79 bits per heavy atom. The average Bonchev–Trinajstić information content (AvgIpc) is 2.73. The van der Waals surface area contributed by atoms with Crippen LogP contribution in [0.5, 0.6) is 0 Å². The predicted octanol–water partition coefficient (Wildman–Crippen LogP) is 4.21. The lowest BCUT2D eigenvalue weighted by Gasteiger charge is -2.28. The molecule has 5 heteroatoms. The molecule has 146 valence electrons. The van der Waals surface area contributed by atoms with Gasteiger partial charge in [0.2, 0.25) is 11.8 Å². The van der Waals surface area contributed by atoms with Crippen molar-refractivity contribution in [2.45, 2.75) is 38.5 Å². The maximum absolute atomic E-state index is 12.3. The van der Waals surface area contributed by atoms with Crippen LogP contribution in [0.1, 0.15) is 37.7 Å². The molecule has 2 aromatic carbocycles. The lowest BCUT2D eigenvalue weighted by Crippen LogP contribution is -2.30. The van der Waals surface area contributed by atoms with E-state index < -0.39 is 0 Å². The molecule has 1 atom stereocenters. The van der Waals surface area contributed by atoms with Crippen LogP contribution in [-0.4, -0.2) is 24.9 Å². The Balaban J connectivity index is 1.28. The molecule has 2 amide bonds. The van der Waals surface area contributed by atoms with Crippen LogP contribution in [0, 0.1) is 5.92 Å². The molecule has 0 spiro atoms. The van der Waals surface area contributed by atoms with E-state index in [-0.39, 0.29) is 17.7 Å². The monoisotopic (exact) mass is 377 g/mol. The van der Waals surface area contributed by atoms with E-state index in [1.54, 1.807) is 0 Å². The van der Waals surface area contributed by atoms with Crippen LogP contribution in [-0.2, 0) is 16.0 Å². The Hall–Kier alpha value is -2.82. The Kier molecular flexibility index (Phi) is 5.60. The topological polar surface area (TPSA) is 61.4 Å². The summed E-state index contributed by atoms with van der Waals surface area (Å²) in [5.41, 5.74) is 4.06. The van der Waals surface area contributed by atoms with Crippen LogP contribution in [0.2, 0.25) is 0 Å². The number of carbonyl (C=O) groups excluding carboxylic acids is 2. The molecule has 0 bridgehead atoms. The molecule has 2 heterocycles. The second-order valence-electron chi connectivity index (χ2n) is 7.73. The smallest absolute Gasteiger partial charge is 0.227 e. The summed E-state index contributed by atoms with van der Waals surface area (Å²) >= 11 is 0. The standard InChI is InChI=1S/C23H27N3O2/c27-22(13-8-18-16-17-6-2-3-7-21(17)25-23(18)28)24-19-9-11-20(12-10-19)26-14-4-1-5-15-26/h2-3,6-7,9-12,18H,1,4-5,8,13-16H2,(H,24,27)(H,25,28). The van der Waals surface area contributed by atoms with Gasteiger partial charge >= 0.3 is 0 Å². The molecule has 5 nitrogen and oxygen atoms in total. The van der Waals surface area contributed by atoms with E-state index in [0.717, 1.165) is 30.0 Å². The van der Waals surface area contributed by atoms with Gasteiger partial charge in [0.05, 0.1) is 0 Å². The van der Waals surface area contributed by atoms with E-state index in [1.807, 2.05) is 36.4 Å². The van der Waals surface area contributed by atoms with Crippen molar-refractivity contribution >= 4 is 28.9 Å². The number of fused-ring (bicyclic) bond motifs is 1. The van der Waals surface area contributed by atoms with E-state index in [2.05, 4.69) is 27.7 Å². The fraction of sp³-hybridized carbons (Fsp3) is 0.391. The Morgan fingerprint density at radius 1 is 1.04 bits per heavy atom. The number of carbonyl (C=O) groups is 2. The van der Waals surface area contributed by atoms with Crippen LogP contribution >= 0.6 is 0 Å². The number of benzene rings is 2. The largest absolute Gasteiger partial charge is 0.372 e. The second-order valence-corrected chi connectivity index (χ2v) is 7.73. The fourth-order valence-electron chi connectivity index (χ4n) is 4.08. The third kappa shape index (κ3) is 4.35. The number of rotatable bonds is 5. The highest BCUT2D eigenvalue weighted by atomic mass is 16.2. The van der Waals surface area contributed by atoms with Crippen LogP contribution < -0.4 is 15.5 Å². The van der Waals surface area contributed by atoms with E-state index in [0.29, 0.717) is 19.3 Å². The zero-order valence-electron chi connectivity index (χ0n) is 16.1. The van der Waals surface area contributed by atoms with Crippen molar-refractivity contribution in [1.29, 1.82) is 0 Å². The number of para-hydroxylation sites is 1. The predicted molar refractivity (Wildman–Crippen MR) is 113 cm³/mol. The minimum atomic E-state index is -0.151. The van der Waals surface area contributed by atoms with Crippen molar-refractivity contribution in [3.05, 3.63) is 54.1 Å². The molecule has 2 aromatic rings. The van der Waals surface area contributed by atoms with Crippen molar-refractivity contribution in [1.82, 2.24) is 0 Å². The van der Waals surface area contributed by atoms with E-state index >= 15 is 0 Å².